The van der Waals surface area contributed by atoms with Crippen LogP contribution in [-0.2, 0) is 0 Å². The third-order valence-electron chi connectivity index (χ3n) is 3.10. The summed E-state index contributed by atoms with van der Waals surface area (Å²) in [5, 5.41) is 3.07. The molecule has 0 spiro atoms. The number of nitrogens with one attached hydrogen (secondary N) is 1. The van der Waals surface area contributed by atoms with Crippen molar-refractivity contribution in [1.82, 2.24) is 0 Å². The topological polar surface area (TPSA) is 59.6 Å². The molecule has 1 aliphatic rings. The summed E-state index contributed by atoms with van der Waals surface area (Å²) in [7, 11) is 1.64. The Labute approximate surface area is 125 Å². The molecule has 3 N–H and O–H groups in total. The predicted octanol–water partition coefficient (Wildman–Crippen LogP) is 2.84. The van der Waals surface area contributed by atoms with E-state index in [9.17, 15) is 0 Å². The Hall–Kier alpha value is -0.980. The Kier molecular flexibility index (Phi) is 4.84. The van der Waals surface area contributed by atoms with Crippen LogP contribution in [0.3, 0.4) is 0 Å². The predicted molar refractivity (Wildman–Crippen MR) is 85.8 cm³/mol. The van der Waals surface area contributed by atoms with E-state index in [1.165, 1.54) is 0 Å². The molecule has 1 aliphatic carbocycles. The zero-order chi connectivity index (χ0) is 12.5. The Morgan fingerprint density at radius 2 is 2.17 bits per heavy atom. The van der Waals surface area contributed by atoms with Crippen LogP contribution in [0.15, 0.2) is 29.3 Å². The van der Waals surface area contributed by atoms with E-state index in [1.807, 2.05) is 24.3 Å². The van der Waals surface area contributed by atoms with Crippen LogP contribution in [0.25, 0.3) is 0 Å². The van der Waals surface area contributed by atoms with E-state index in [0.717, 1.165) is 17.9 Å². The summed E-state index contributed by atoms with van der Waals surface area (Å²) < 4.78 is 5.14. The molecule has 5 heteroatoms. The smallest absolute Gasteiger partial charge is 0.193 e. The Balaban J connectivity index is 0.00000162. The van der Waals surface area contributed by atoms with Crippen LogP contribution in [0.2, 0.25) is 0 Å². The number of hydrogen-bond donors (Lipinski definition) is 2. The third kappa shape index (κ3) is 3.76. The molecule has 0 heterocycles. The largest absolute Gasteiger partial charge is 0.497 e. The fourth-order valence-corrected chi connectivity index (χ4v) is 1.71. The average Bonchev–Trinajstić information content (AvgIpc) is 2.85. The molecular formula is C13H20IN3O. The molecule has 1 fully saturated rings. The van der Waals surface area contributed by atoms with Gasteiger partial charge in [0.2, 0.25) is 0 Å². The Bertz CT molecular complexity index is 446. The zero-order valence-electron chi connectivity index (χ0n) is 10.9. The van der Waals surface area contributed by atoms with E-state index in [2.05, 4.69) is 24.2 Å². The van der Waals surface area contributed by atoms with Crippen LogP contribution in [0.5, 0.6) is 5.75 Å². The SMILES string of the molecule is COc1cccc(NC(N)=NC2CC2(C)C)c1.I. The van der Waals surface area contributed by atoms with Gasteiger partial charge in [-0.05, 0) is 24.0 Å². The van der Waals surface area contributed by atoms with Crippen molar-refractivity contribution in [2.24, 2.45) is 16.1 Å². The molecule has 0 radical (unpaired) electrons. The fourth-order valence-electron chi connectivity index (χ4n) is 1.71. The minimum atomic E-state index is 0. The van der Waals surface area contributed by atoms with Crippen LogP contribution in [0.1, 0.15) is 20.3 Å². The summed E-state index contributed by atoms with van der Waals surface area (Å²) >= 11 is 0. The van der Waals surface area contributed by atoms with Crippen molar-refractivity contribution in [3.05, 3.63) is 24.3 Å². The van der Waals surface area contributed by atoms with E-state index >= 15 is 0 Å². The summed E-state index contributed by atoms with van der Waals surface area (Å²) in [6, 6.07) is 7.97. The molecule has 0 saturated heterocycles. The van der Waals surface area contributed by atoms with E-state index < -0.39 is 0 Å². The highest BCUT2D eigenvalue weighted by Gasteiger charge is 2.45. The van der Waals surface area contributed by atoms with Crippen LogP contribution in [0.4, 0.5) is 5.69 Å². The van der Waals surface area contributed by atoms with E-state index in [1.54, 1.807) is 7.11 Å². The lowest BCUT2D eigenvalue weighted by atomic mass is 10.2. The second-order valence-corrected chi connectivity index (χ2v) is 5.08. The number of benzene rings is 1. The van der Waals surface area contributed by atoms with Gasteiger partial charge in [0, 0.05) is 11.8 Å². The van der Waals surface area contributed by atoms with E-state index in [4.69, 9.17) is 10.5 Å². The van der Waals surface area contributed by atoms with Gasteiger partial charge in [-0.1, -0.05) is 19.9 Å². The molecule has 0 aliphatic heterocycles. The van der Waals surface area contributed by atoms with Crippen LogP contribution < -0.4 is 15.8 Å². The molecule has 0 bridgehead atoms. The lowest BCUT2D eigenvalue weighted by Gasteiger charge is -2.07. The first-order chi connectivity index (χ1) is 8.01. The van der Waals surface area contributed by atoms with Gasteiger partial charge in [0.05, 0.1) is 13.2 Å². The molecule has 1 atom stereocenters. The third-order valence-corrected chi connectivity index (χ3v) is 3.10. The van der Waals surface area contributed by atoms with Crippen LogP contribution >= 0.6 is 24.0 Å². The zero-order valence-corrected chi connectivity index (χ0v) is 13.3. The number of nitrogens with zero attached hydrogens (tertiary/aromatic N) is 1. The molecule has 0 aromatic heterocycles. The molecule has 4 nitrogen and oxygen atoms in total. The second-order valence-electron chi connectivity index (χ2n) is 5.08. The molecule has 1 aromatic rings. The van der Waals surface area contributed by atoms with Gasteiger partial charge in [-0.3, -0.25) is 0 Å². The van der Waals surface area contributed by atoms with Crippen LogP contribution in [-0.4, -0.2) is 19.1 Å². The molecule has 1 saturated carbocycles. The van der Waals surface area contributed by atoms with Gasteiger partial charge in [-0.15, -0.1) is 24.0 Å². The average molecular weight is 361 g/mol. The van der Waals surface area contributed by atoms with Gasteiger partial charge in [-0.25, -0.2) is 4.99 Å². The number of nitrogens with two attached hydrogens (primary N) is 1. The monoisotopic (exact) mass is 361 g/mol. The lowest BCUT2D eigenvalue weighted by molar-refractivity contribution is 0.415. The molecule has 1 aromatic carbocycles. The minimum Gasteiger partial charge on any atom is -0.497 e. The summed E-state index contributed by atoms with van der Waals surface area (Å²) in [6.07, 6.45) is 1.10. The van der Waals surface area contributed by atoms with Gasteiger partial charge in [0.25, 0.3) is 0 Å². The van der Waals surface area contributed by atoms with Crippen molar-refractivity contribution in [3.63, 3.8) is 0 Å². The number of guanidine groups is 1. The summed E-state index contributed by atoms with van der Waals surface area (Å²) in [5.41, 5.74) is 7.06. The number of hydrogen-bond acceptors (Lipinski definition) is 2. The van der Waals surface area contributed by atoms with Crippen molar-refractivity contribution in [3.8, 4) is 5.75 Å². The maximum absolute atomic E-state index is 5.86. The van der Waals surface area contributed by atoms with Gasteiger partial charge in [-0.2, -0.15) is 0 Å². The van der Waals surface area contributed by atoms with Gasteiger partial charge in [0.15, 0.2) is 5.96 Å². The fraction of sp³-hybridized carbons (Fsp3) is 0.462. The minimum absolute atomic E-state index is 0. The lowest BCUT2D eigenvalue weighted by Crippen LogP contribution is -2.23. The number of ether oxygens (including phenoxy) is 1. The Morgan fingerprint density at radius 3 is 2.72 bits per heavy atom. The highest BCUT2D eigenvalue weighted by Crippen LogP contribution is 2.47. The molecule has 1 unspecified atom stereocenters. The summed E-state index contributed by atoms with van der Waals surface area (Å²) in [5.74, 6) is 1.27. The summed E-state index contributed by atoms with van der Waals surface area (Å²) in [4.78, 5) is 4.43. The normalized spacial score (nSPS) is 20.8. The van der Waals surface area contributed by atoms with Crippen LogP contribution in [0, 0.1) is 5.41 Å². The van der Waals surface area contributed by atoms with E-state index in [-0.39, 0.29) is 24.0 Å². The summed E-state index contributed by atoms with van der Waals surface area (Å²) in [6.45, 7) is 4.39. The number of halogens is 1. The maximum Gasteiger partial charge on any atom is 0.193 e. The number of aliphatic imine (C=N–C) groups is 1. The van der Waals surface area contributed by atoms with Crippen molar-refractivity contribution < 1.29 is 4.74 Å². The van der Waals surface area contributed by atoms with Crippen molar-refractivity contribution in [1.29, 1.82) is 0 Å². The van der Waals surface area contributed by atoms with Gasteiger partial charge < -0.3 is 15.8 Å². The van der Waals surface area contributed by atoms with Crippen molar-refractivity contribution in [2.75, 3.05) is 12.4 Å². The van der Waals surface area contributed by atoms with Gasteiger partial charge >= 0.3 is 0 Å². The van der Waals surface area contributed by atoms with E-state index in [0.29, 0.717) is 17.4 Å². The van der Waals surface area contributed by atoms with Crippen molar-refractivity contribution >= 4 is 35.6 Å². The first-order valence-electron chi connectivity index (χ1n) is 5.75. The first-order valence-corrected chi connectivity index (χ1v) is 5.75. The first kappa shape index (κ1) is 15.1. The highest BCUT2D eigenvalue weighted by atomic mass is 127. The van der Waals surface area contributed by atoms with Gasteiger partial charge in [0.1, 0.15) is 5.75 Å². The number of rotatable bonds is 3. The standard InChI is InChI=1S/C13H19N3O.HI/c1-13(2)8-11(13)16-12(14)15-9-5-4-6-10(7-9)17-3;/h4-7,11H,8H2,1-3H3,(H3,14,15,16);1H. The Morgan fingerprint density at radius 1 is 1.50 bits per heavy atom. The second kappa shape index (κ2) is 5.77. The number of anilines is 1. The molecule has 2 rings (SSSR count). The quantitative estimate of drug-likeness (QED) is 0.495. The molecule has 18 heavy (non-hydrogen) atoms. The molecule has 100 valence electrons. The molecular weight excluding hydrogens is 341 g/mol. The van der Waals surface area contributed by atoms with Crippen molar-refractivity contribution in [2.45, 2.75) is 26.3 Å². The number of methoxy groups -OCH3 is 1. The maximum atomic E-state index is 5.86. The molecule has 0 amide bonds. The highest BCUT2D eigenvalue weighted by molar-refractivity contribution is 14.0.